The van der Waals surface area contributed by atoms with Gasteiger partial charge >= 0.3 is 0 Å². The molecule has 0 bridgehead atoms. The Labute approximate surface area is 137 Å². The van der Waals surface area contributed by atoms with Crippen molar-refractivity contribution in [2.45, 2.75) is 6.54 Å². The maximum Gasteiger partial charge on any atom is 0.252 e. The molecule has 5 nitrogen and oxygen atoms in total. The van der Waals surface area contributed by atoms with Gasteiger partial charge in [0, 0.05) is 58.2 Å². The zero-order valence-electron chi connectivity index (χ0n) is 13.4. The number of H-pyrrole nitrogens is 1. The van der Waals surface area contributed by atoms with Crippen LogP contribution >= 0.6 is 0 Å². The van der Waals surface area contributed by atoms with Crippen molar-refractivity contribution in [3.63, 3.8) is 0 Å². The lowest BCUT2D eigenvalue weighted by atomic mass is 10.2. The summed E-state index contributed by atoms with van der Waals surface area (Å²) in [6.07, 6.45) is 3.48. The van der Waals surface area contributed by atoms with E-state index in [0.717, 1.165) is 39.3 Å². The third-order valence-electron chi connectivity index (χ3n) is 4.29. The molecule has 5 heteroatoms. The van der Waals surface area contributed by atoms with Crippen molar-refractivity contribution in [2.75, 3.05) is 39.3 Å². The van der Waals surface area contributed by atoms with Crippen molar-refractivity contribution in [1.29, 1.82) is 0 Å². The molecular formula is C18H24N4O. The van der Waals surface area contributed by atoms with E-state index >= 15 is 0 Å². The Balaban J connectivity index is 1.34. The minimum absolute atomic E-state index is 0.00559. The van der Waals surface area contributed by atoms with E-state index in [1.807, 2.05) is 0 Å². The molecule has 23 heavy (non-hydrogen) atoms. The monoisotopic (exact) mass is 312 g/mol. The fourth-order valence-electron chi connectivity index (χ4n) is 2.91. The summed E-state index contributed by atoms with van der Waals surface area (Å²) < 4.78 is 0. The molecule has 0 saturated carbocycles. The molecule has 2 N–H and O–H groups in total. The zero-order valence-corrected chi connectivity index (χ0v) is 13.4. The van der Waals surface area contributed by atoms with Crippen LogP contribution in [0, 0.1) is 0 Å². The number of hydrogen-bond acceptors (Lipinski definition) is 3. The van der Waals surface area contributed by atoms with Crippen LogP contribution in [0.1, 0.15) is 15.9 Å². The van der Waals surface area contributed by atoms with Crippen molar-refractivity contribution in [2.24, 2.45) is 0 Å². The van der Waals surface area contributed by atoms with E-state index in [9.17, 15) is 4.79 Å². The lowest BCUT2D eigenvalue weighted by molar-refractivity contribution is 0.0934. The predicted molar refractivity (Wildman–Crippen MR) is 91.3 cm³/mol. The Morgan fingerprint density at radius 1 is 1.04 bits per heavy atom. The number of hydrogen-bond donors (Lipinski definition) is 2. The maximum atomic E-state index is 11.8. The highest BCUT2D eigenvalue weighted by atomic mass is 16.1. The SMILES string of the molecule is O=C(NCCN1CCN(Cc2ccccc2)CC1)c1cc[nH]c1. The van der Waals surface area contributed by atoms with Crippen LogP contribution in [0.15, 0.2) is 48.8 Å². The highest BCUT2D eigenvalue weighted by Gasteiger charge is 2.16. The molecule has 0 aliphatic carbocycles. The van der Waals surface area contributed by atoms with Gasteiger partial charge in [-0.05, 0) is 11.6 Å². The second-order valence-electron chi connectivity index (χ2n) is 5.96. The Bertz CT molecular complexity index is 589. The van der Waals surface area contributed by atoms with Crippen LogP contribution in [0.4, 0.5) is 0 Å². The van der Waals surface area contributed by atoms with Crippen molar-refractivity contribution >= 4 is 5.91 Å². The highest BCUT2D eigenvalue weighted by molar-refractivity contribution is 5.93. The summed E-state index contributed by atoms with van der Waals surface area (Å²) in [6, 6.07) is 12.4. The number of aromatic nitrogens is 1. The summed E-state index contributed by atoms with van der Waals surface area (Å²) in [5, 5.41) is 2.97. The van der Waals surface area contributed by atoms with Crippen molar-refractivity contribution in [3.8, 4) is 0 Å². The average Bonchev–Trinajstić information content (AvgIpc) is 3.12. The number of amides is 1. The Hall–Kier alpha value is -2.11. The van der Waals surface area contributed by atoms with Crippen LogP contribution in [0.5, 0.6) is 0 Å². The number of nitrogens with one attached hydrogen (secondary N) is 2. The van der Waals surface area contributed by atoms with E-state index in [-0.39, 0.29) is 5.91 Å². The molecule has 2 aromatic rings. The number of aromatic amines is 1. The maximum absolute atomic E-state index is 11.8. The second kappa shape index (κ2) is 7.94. The first kappa shape index (κ1) is 15.8. The molecule has 3 rings (SSSR count). The Morgan fingerprint density at radius 2 is 1.78 bits per heavy atom. The molecule has 1 amide bonds. The smallest absolute Gasteiger partial charge is 0.252 e. The number of nitrogens with zero attached hydrogens (tertiary/aromatic N) is 2. The number of piperazine rings is 1. The number of carbonyl (C=O) groups excluding carboxylic acids is 1. The van der Waals surface area contributed by atoms with E-state index in [2.05, 4.69) is 50.4 Å². The van der Waals surface area contributed by atoms with Gasteiger partial charge in [0.15, 0.2) is 0 Å². The summed E-state index contributed by atoms with van der Waals surface area (Å²) in [6.45, 7) is 6.93. The Kier molecular flexibility index (Phi) is 5.45. The summed E-state index contributed by atoms with van der Waals surface area (Å²) in [4.78, 5) is 19.6. The summed E-state index contributed by atoms with van der Waals surface area (Å²) in [7, 11) is 0. The van der Waals surface area contributed by atoms with Crippen molar-refractivity contribution < 1.29 is 4.79 Å². The fraction of sp³-hybridized carbons (Fsp3) is 0.389. The van der Waals surface area contributed by atoms with Gasteiger partial charge < -0.3 is 10.3 Å². The van der Waals surface area contributed by atoms with E-state index in [1.54, 1.807) is 18.5 Å². The van der Waals surface area contributed by atoms with E-state index in [4.69, 9.17) is 0 Å². The molecule has 1 aliphatic rings. The number of benzene rings is 1. The quantitative estimate of drug-likeness (QED) is 0.851. The lowest BCUT2D eigenvalue weighted by Crippen LogP contribution is -2.48. The summed E-state index contributed by atoms with van der Waals surface area (Å²) in [5.74, 6) is -0.00559. The van der Waals surface area contributed by atoms with Gasteiger partial charge in [-0.15, -0.1) is 0 Å². The molecule has 2 heterocycles. The third kappa shape index (κ3) is 4.68. The lowest BCUT2D eigenvalue weighted by Gasteiger charge is -2.34. The largest absolute Gasteiger partial charge is 0.367 e. The van der Waals surface area contributed by atoms with Gasteiger partial charge in [-0.1, -0.05) is 30.3 Å². The first-order chi connectivity index (χ1) is 11.3. The van der Waals surface area contributed by atoms with Crippen LogP contribution in [0.25, 0.3) is 0 Å². The molecule has 0 atom stereocenters. The van der Waals surface area contributed by atoms with Gasteiger partial charge in [-0.3, -0.25) is 14.6 Å². The van der Waals surface area contributed by atoms with E-state index < -0.39 is 0 Å². The minimum atomic E-state index is -0.00559. The first-order valence-corrected chi connectivity index (χ1v) is 8.21. The zero-order chi connectivity index (χ0) is 15.9. The molecule has 0 unspecified atom stereocenters. The molecule has 1 aromatic heterocycles. The summed E-state index contributed by atoms with van der Waals surface area (Å²) in [5.41, 5.74) is 2.07. The molecule has 1 saturated heterocycles. The van der Waals surface area contributed by atoms with Crippen LogP contribution in [0.2, 0.25) is 0 Å². The van der Waals surface area contributed by atoms with Crippen LogP contribution in [-0.2, 0) is 6.54 Å². The molecule has 1 aromatic carbocycles. The van der Waals surface area contributed by atoms with Crippen LogP contribution in [-0.4, -0.2) is 60.0 Å². The highest BCUT2D eigenvalue weighted by Crippen LogP contribution is 2.08. The van der Waals surface area contributed by atoms with Crippen molar-refractivity contribution in [1.82, 2.24) is 20.1 Å². The van der Waals surface area contributed by atoms with Crippen LogP contribution < -0.4 is 5.32 Å². The van der Waals surface area contributed by atoms with Gasteiger partial charge in [0.1, 0.15) is 0 Å². The Morgan fingerprint density at radius 3 is 2.48 bits per heavy atom. The standard InChI is InChI=1S/C18H24N4O/c23-18(17-6-7-19-14-17)20-8-9-21-10-12-22(13-11-21)15-16-4-2-1-3-5-16/h1-7,14,19H,8-13,15H2,(H,20,23). The van der Waals surface area contributed by atoms with Gasteiger partial charge in [0.05, 0.1) is 5.56 Å². The van der Waals surface area contributed by atoms with Gasteiger partial charge in [-0.2, -0.15) is 0 Å². The minimum Gasteiger partial charge on any atom is -0.367 e. The van der Waals surface area contributed by atoms with E-state index in [1.165, 1.54) is 5.56 Å². The van der Waals surface area contributed by atoms with E-state index in [0.29, 0.717) is 12.1 Å². The third-order valence-corrected chi connectivity index (χ3v) is 4.29. The number of carbonyl (C=O) groups is 1. The van der Waals surface area contributed by atoms with Gasteiger partial charge in [0.2, 0.25) is 0 Å². The average molecular weight is 312 g/mol. The predicted octanol–water partition coefficient (Wildman–Crippen LogP) is 1.56. The van der Waals surface area contributed by atoms with Gasteiger partial charge in [0.25, 0.3) is 5.91 Å². The molecule has 0 spiro atoms. The molecule has 1 fully saturated rings. The fourth-order valence-corrected chi connectivity index (χ4v) is 2.91. The number of rotatable bonds is 6. The molecular weight excluding hydrogens is 288 g/mol. The molecule has 122 valence electrons. The summed E-state index contributed by atoms with van der Waals surface area (Å²) >= 11 is 0. The normalized spacial score (nSPS) is 16.3. The second-order valence-corrected chi connectivity index (χ2v) is 5.96. The first-order valence-electron chi connectivity index (χ1n) is 8.21. The molecule has 0 radical (unpaired) electrons. The van der Waals surface area contributed by atoms with Crippen molar-refractivity contribution in [3.05, 3.63) is 59.9 Å². The topological polar surface area (TPSA) is 51.4 Å². The molecule has 1 aliphatic heterocycles. The van der Waals surface area contributed by atoms with Gasteiger partial charge in [-0.25, -0.2) is 0 Å². The van der Waals surface area contributed by atoms with Crippen LogP contribution in [0.3, 0.4) is 0 Å².